The maximum atomic E-state index is 12.7. The number of anilines is 1. The van der Waals surface area contributed by atoms with Crippen LogP contribution in [0.5, 0.6) is 0 Å². The van der Waals surface area contributed by atoms with Gasteiger partial charge in [0, 0.05) is 5.56 Å². The van der Waals surface area contributed by atoms with Crippen LogP contribution in [-0.4, -0.2) is 0 Å². The highest BCUT2D eigenvalue weighted by Crippen LogP contribution is 2.30. The smallest absolute Gasteiger partial charge is 0.196 e. The molecule has 0 aliphatic rings. The summed E-state index contributed by atoms with van der Waals surface area (Å²) in [5.74, 6) is -4.33. The molecular weight excluding hydrogens is 191 g/mol. The first kappa shape index (κ1) is 9.19. The summed E-state index contributed by atoms with van der Waals surface area (Å²) in [6.07, 6.45) is 0. The summed E-state index contributed by atoms with van der Waals surface area (Å²) in [7, 11) is 0. The quantitative estimate of drug-likeness (QED) is 0.384. The van der Waals surface area contributed by atoms with E-state index in [1.807, 2.05) is 0 Å². The first-order valence-electron chi connectivity index (χ1n) is 3.04. The van der Waals surface area contributed by atoms with E-state index in [0.717, 1.165) is 0 Å². The zero-order valence-corrected chi connectivity index (χ0v) is 6.85. The largest absolute Gasteiger partial charge is 0.397 e. The van der Waals surface area contributed by atoms with E-state index in [-0.39, 0.29) is 11.3 Å². The topological polar surface area (TPSA) is 26.0 Å². The predicted molar refractivity (Wildman–Crippen MR) is 40.5 cm³/mol. The van der Waals surface area contributed by atoms with E-state index in [4.69, 9.17) is 17.3 Å². The first-order chi connectivity index (χ1) is 5.46. The molecule has 66 valence electrons. The number of rotatable bonds is 0. The van der Waals surface area contributed by atoms with Gasteiger partial charge in [0.15, 0.2) is 17.5 Å². The van der Waals surface area contributed by atoms with Crippen LogP contribution in [0.3, 0.4) is 0 Å². The van der Waals surface area contributed by atoms with Crippen molar-refractivity contribution in [3.8, 4) is 0 Å². The van der Waals surface area contributed by atoms with Crippen LogP contribution in [0.15, 0.2) is 0 Å². The molecule has 0 heterocycles. The second-order valence-corrected chi connectivity index (χ2v) is 2.67. The van der Waals surface area contributed by atoms with Gasteiger partial charge >= 0.3 is 0 Å². The second-order valence-electron chi connectivity index (χ2n) is 2.29. The van der Waals surface area contributed by atoms with E-state index < -0.39 is 22.5 Å². The third kappa shape index (κ3) is 1.12. The molecule has 0 fully saturated rings. The van der Waals surface area contributed by atoms with E-state index in [0.29, 0.717) is 0 Å². The van der Waals surface area contributed by atoms with Crippen molar-refractivity contribution in [2.45, 2.75) is 6.92 Å². The minimum atomic E-state index is -1.59. The maximum Gasteiger partial charge on any atom is 0.196 e. The maximum absolute atomic E-state index is 12.7. The highest BCUT2D eigenvalue weighted by molar-refractivity contribution is 6.33. The third-order valence-electron chi connectivity index (χ3n) is 1.55. The molecule has 5 heteroatoms. The number of hydrogen-bond acceptors (Lipinski definition) is 1. The number of benzene rings is 1. The Balaban J connectivity index is 3.60. The molecule has 1 aromatic rings. The summed E-state index contributed by atoms with van der Waals surface area (Å²) in [6, 6.07) is 0. The number of halogens is 4. The van der Waals surface area contributed by atoms with E-state index in [9.17, 15) is 13.2 Å². The molecule has 12 heavy (non-hydrogen) atoms. The van der Waals surface area contributed by atoms with Crippen LogP contribution < -0.4 is 5.73 Å². The Kier molecular flexibility index (Phi) is 2.19. The Morgan fingerprint density at radius 2 is 1.58 bits per heavy atom. The number of nitrogens with two attached hydrogens (primary N) is 1. The highest BCUT2D eigenvalue weighted by atomic mass is 35.5. The molecular formula is C7H5ClF3N. The summed E-state index contributed by atoms with van der Waals surface area (Å²) in [4.78, 5) is 0. The molecule has 0 saturated carbocycles. The lowest BCUT2D eigenvalue weighted by Crippen LogP contribution is -2.01. The molecule has 0 atom stereocenters. The van der Waals surface area contributed by atoms with Crippen molar-refractivity contribution in [3.05, 3.63) is 28.0 Å². The van der Waals surface area contributed by atoms with Gasteiger partial charge < -0.3 is 5.73 Å². The van der Waals surface area contributed by atoms with Crippen molar-refractivity contribution in [3.63, 3.8) is 0 Å². The van der Waals surface area contributed by atoms with Crippen molar-refractivity contribution >= 4 is 17.3 Å². The van der Waals surface area contributed by atoms with Gasteiger partial charge in [0.25, 0.3) is 0 Å². The molecule has 0 saturated heterocycles. The highest BCUT2D eigenvalue weighted by Gasteiger charge is 2.19. The molecule has 0 aliphatic carbocycles. The van der Waals surface area contributed by atoms with Gasteiger partial charge in [-0.05, 0) is 6.92 Å². The van der Waals surface area contributed by atoms with Crippen molar-refractivity contribution in [2.75, 3.05) is 5.73 Å². The van der Waals surface area contributed by atoms with Crippen LogP contribution in [-0.2, 0) is 0 Å². The molecule has 1 rings (SSSR count). The van der Waals surface area contributed by atoms with Gasteiger partial charge in [-0.15, -0.1) is 0 Å². The van der Waals surface area contributed by atoms with Crippen LogP contribution in [0, 0.1) is 24.4 Å². The van der Waals surface area contributed by atoms with Crippen LogP contribution in [0.25, 0.3) is 0 Å². The SMILES string of the molecule is Cc1c(N)c(Cl)c(F)c(F)c1F. The molecule has 2 N–H and O–H groups in total. The van der Waals surface area contributed by atoms with E-state index in [1.54, 1.807) is 0 Å². The van der Waals surface area contributed by atoms with Crippen molar-refractivity contribution in [2.24, 2.45) is 0 Å². The molecule has 1 nitrogen and oxygen atoms in total. The normalized spacial score (nSPS) is 10.4. The van der Waals surface area contributed by atoms with Gasteiger partial charge in [0.2, 0.25) is 0 Å². The van der Waals surface area contributed by atoms with Gasteiger partial charge in [0.05, 0.1) is 5.69 Å². The van der Waals surface area contributed by atoms with E-state index in [1.165, 1.54) is 6.92 Å². The first-order valence-corrected chi connectivity index (χ1v) is 3.42. The van der Waals surface area contributed by atoms with E-state index in [2.05, 4.69) is 0 Å². The Hall–Kier alpha value is -0.900. The van der Waals surface area contributed by atoms with Crippen molar-refractivity contribution < 1.29 is 13.2 Å². The molecule has 0 aliphatic heterocycles. The van der Waals surface area contributed by atoms with Gasteiger partial charge in [-0.25, -0.2) is 13.2 Å². The Bertz CT molecular complexity index is 233. The number of hydrogen-bond donors (Lipinski definition) is 1. The fourth-order valence-corrected chi connectivity index (χ4v) is 0.983. The Morgan fingerprint density at radius 1 is 1.08 bits per heavy atom. The summed E-state index contributed by atoms with van der Waals surface area (Å²) >= 11 is 5.25. The molecule has 1 aromatic carbocycles. The van der Waals surface area contributed by atoms with E-state index >= 15 is 0 Å². The predicted octanol–water partition coefficient (Wildman–Crippen LogP) is 2.65. The minimum Gasteiger partial charge on any atom is -0.397 e. The third-order valence-corrected chi connectivity index (χ3v) is 1.92. The molecule has 0 aromatic heterocycles. The lowest BCUT2D eigenvalue weighted by molar-refractivity contribution is 0.444. The van der Waals surface area contributed by atoms with Gasteiger partial charge in [0.1, 0.15) is 5.02 Å². The summed E-state index contributed by atoms with van der Waals surface area (Å²) < 4.78 is 37.8. The molecule has 0 radical (unpaired) electrons. The second kappa shape index (κ2) is 2.86. The average molecular weight is 196 g/mol. The average Bonchev–Trinajstić information content (AvgIpc) is 2.08. The zero-order valence-electron chi connectivity index (χ0n) is 6.09. The summed E-state index contributed by atoms with van der Waals surface area (Å²) in [5, 5.41) is -0.577. The van der Waals surface area contributed by atoms with Crippen LogP contribution in [0.4, 0.5) is 18.9 Å². The lowest BCUT2D eigenvalue weighted by Gasteiger charge is -2.05. The standard InChI is InChI=1S/C7H5ClF3N/c1-2-4(9)6(11)5(10)3(8)7(2)12/h12H2,1H3. The fourth-order valence-electron chi connectivity index (χ4n) is 0.758. The lowest BCUT2D eigenvalue weighted by atomic mass is 10.2. The molecule has 0 spiro atoms. The minimum absolute atomic E-state index is 0.182. The zero-order chi connectivity index (χ0) is 9.46. The summed E-state index contributed by atoms with van der Waals surface area (Å²) in [6.45, 7) is 1.22. The van der Waals surface area contributed by atoms with Gasteiger partial charge in [-0.1, -0.05) is 11.6 Å². The van der Waals surface area contributed by atoms with Gasteiger partial charge in [-0.3, -0.25) is 0 Å². The van der Waals surface area contributed by atoms with Crippen molar-refractivity contribution in [1.82, 2.24) is 0 Å². The Labute approximate surface area is 71.9 Å². The van der Waals surface area contributed by atoms with Crippen LogP contribution >= 0.6 is 11.6 Å². The van der Waals surface area contributed by atoms with Crippen molar-refractivity contribution in [1.29, 1.82) is 0 Å². The van der Waals surface area contributed by atoms with Gasteiger partial charge in [-0.2, -0.15) is 0 Å². The number of nitrogen functional groups attached to an aromatic ring is 1. The fraction of sp³-hybridized carbons (Fsp3) is 0.143. The van der Waals surface area contributed by atoms with Crippen LogP contribution in [0.1, 0.15) is 5.56 Å². The summed E-state index contributed by atoms with van der Waals surface area (Å²) in [5.41, 5.74) is 4.72. The Morgan fingerprint density at radius 3 is 2.08 bits per heavy atom. The monoisotopic (exact) mass is 195 g/mol. The van der Waals surface area contributed by atoms with Crippen LogP contribution in [0.2, 0.25) is 5.02 Å². The molecule has 0 bridgehead atoms. The molecule has 0 amide bonds. The molecule has 0 unspecified atom stereocenters.